The van der Waals surface area contributed by atoms with Crippen LogP contribution in [0.2, 0.25) is 0 Å². The van der Waals surface area contributed by atoms with Gasteiger partial charge in [-0.1, -0.05) is 18.2 Å². The molecule has 0 aliphatic rings. The second kappa shape index (κ2) is 8.74. The van der Waals surface area contributed by atoms with Gasteiger partial charge in [0.15, 0.2) is 5.78 Å². The highest BCUT2D eigenvalue weighted by Crippen LogP contribution is 2.27. The van der Waals surface area contributed by atoms with E-state index in [1.165, 1.54) is 18.2 Å². The summed E-state index contributed by atoms with van der Waals surface area (Å²) in [6, 6.07) is 9.40. The van der Waals surface area contributed by atoms with Crippen molar-refractivity contribution in [1.29, 1.82) is 0 Å². The van der Waals surface area contributed by atoms with Crippen LogP contribution >= 0.6 is 0 Å². The van der Waals surface area contributed by atoms with Crippen LogP contribution in [0.4, 0.5) is 4.39 Å². The number of phenols is 1. The summed E-state index contributed by atoms with van der Waals surface area (Å²) in [5, 5.41) is 10.5. The van der Waals surface area contributed by atoms with Crippen molar-refractivity contribution in [3.8, 4) is 5.75 Å². The Balaban J connectivity index is 2.33. The second-order valence-corrected chi connectivity index (χ2v) is 6.87. The van der Waals surface area contributed by atoms with Crippen LogP contribution in [-0.4, -0.2) is 48.9 Å². The molecule has 2 aromatic carbocycles. The summed E-state index contributed by atoms with van der Waals surface area (Å²) in [5.74, 6) is -0.241. The highest BCUT2D eigenvalue weighted by molar-refractivity contribution is 6.07. The first-order valence-electron chi connectivity index (χ1n) is 8.38. The van der Waals surface area contributed by atoms with Gasteiger partial charge in [0.1, 0.15) is 11.6 Å². The maximum absolute atomic E-state index is 13.0. The zero-order chi connectivity index (χ0) is 19.3. The van der Waals surface area contributed by atoms with E-state index in [0.29, 0.717) is 29.8 Å². The summed E-state index contributed by atoms with van der Waals surface area (Å²) in [7, 11) is 7.64. The molecule has 4 nitrogen and oxygen atoms in total. The van der Waals surface area contributed by atoms with Crippen molar-refractivity contribution in [2.24, 2.45) is 0 Å². The van der Waals surface area contributed by atoms with Crippen LogP contribution in [0.25, 0.3) is 6.08 Å². The standard InChI is InChI=1S/C21H25FN2O2/c1-23(2)13-17-11-16(12-18(21(17)26)14-24(3)4)20(25)10-7-15-5-8-19(22)9-6-15/h5-12,26H,13-14H2,1-4H3/b10-7-. The van der Waals surface area contributed by atoms with Crippen molar-refractivity contribution in [3.63, 3.8) is 0 Å². The number of allylic oxidation sites excluding steroid dienone is 1. The number of ketones is 1. The summed E-state index contributed by atoms with van der Waals surface area (Å²) in [4.78, 5) is 16.5. The van der Waals surface area contributed by atoms with Gasteiger partial charge in [0, 0.05) is 29.8 Å². The molecule has 0 saturated heterocycles. The van der Waals surface area contributed by atoms with Gasteiger partial charge in [-0.2, -0.15) is 0 Å². The third-order valence-corrected chi connectivity index (χ3v) is 3.82. The first-order valence-corrected chi connectivity index (χ1v) is 8.38. The normalized spacial score (nSPS) is 11.7. The Hall–Kier alpha value is -2.50. The second-order valence-electron chi connectivity index (χ2n) is 6.87. The lowest BCUT2D eigenvalue weighted by Crippen LogP contribution is -2.15. The molecule has 1 N–H and O–H groups in total. The van der Waals surface area contributed by atoms with Crippen LogP contribution in [0.5, 0.6) is 5.75 Å². The number of carbonyl (C=O) groups excluding carboxylic acids is 1. The largest absolute Gasteiger partial charge is 0.507 e. The van der Waals surface area contributed by atoms with Gasteiger partial charge >= 0.3 is 0 Å². The van der Waals surface area contributed by atoms with Gasteiger partial charge in [0.05, 0.1) is 0 Å². The van der Waals surface area contributed by atoms with Gasteiger partial charge in [-0.3, -0.25) is 4.79 Å². The monoisotopic (exact) mass is 356 g/mol. The Morgan fingerprint density at radius 3 is 1.96 bits per heavy atom. The number of halogens is 1. The maximum atomic E-state index is 13.0. The van der Waals surface area contributed by atoms with Crippen LogP contribution in [0, 0.1) is 5.82 Å². The summed E-state index contributed by atoms with van der Waals surface area (Å²) in [6.45, 7) is 1.07. The Bertz CT molecular complexity index is 765. The van der Waals surface area contributed by atoms with Gasteiger partial charge in [0.25, 0.3) is 0 Å². The van der Waals surface area contributed by atoms with Crippen LogP contribution < -0.4 is 0 Å². The van der Waals surface area contributed by atoms with Gasteiger partial charge in [-0.05, 0) is 64.1 Å². The molecule has 138 valence electrons. The van der Waals surface area contributed by atoms with Gasteiger partial charge < -0.3 is 14.9 Å². The van der Waals surface area contributed by atoms with E-state index in [4.69, 9.17) is 0 Å². The van der Waals surface area contributed by atoms with Crippen molar-refractivity contribution in [2.45, 2.75) is 13.1 Å². The molecular weight excluding hydrogens is 331 g/mol. The number of benzene rings is 2. The molecule has 0 saturated carbocycles. The fourth-order valence-electron chi connectivity index (χ4n) is 2.67. The number of phenolic OH excluding ortho intramolecular Hbond substituents is 1. The first kappa shape index (κ1) is 19.8. The molecule has 2 rings (SSSR count). The number of nitrogens with zero attached hydrogens (tertiary/aromatic N) is 2. The Labute approximate surface area is 154 Å². The predicted octanol–water partition coefficient (Wildman–Crippen LogP) is 3.55. The summed E-state index contributed by atoms with van der Waals surface area (Å²) in [6.07, 6.45) is 3.13. The number of carbonyl (C=O) groups is 1. The van der Waals surface area contributed by atoms with Crippen LogP contribution in [0.15, 0.2) is 42.5 Å². The van der Waals surface area contributed by atoms with E-state index in [0.717, 1.165) is 5.56 Å². The average Bonchev–Trinajstić information content (AvgIpc) is 2.56. The lowest BCUT2D eigenvalue weighted by atomic mass is 10.00. The zero-order valence-corrected chi connectivity index (χ0v) is 15.7. The minimum atomic E-state index is -0.311. The molecule has 0 fully saturated rings. The molecule has 5 heteroatoms. The lowest BCUT2D eigenvalue weighted by Gasteiger charge is -2.17. The fourth-order valence-corrected chi connectivity index (χ4v) is 2.67. The SMILES string of the molecule is CN(C)Cc1cc(C(=O)/C=C\c2ccc(F)cc2)cc(CN(C)C)c1O. The molecule has 0 aliphatic carbocycles. The van der Waals surface area contributed by atoms with Crippen molar-refractivity contribution in [2.75, 3.05) is 28.2 Å². The smallest absolute Gasteiger partial charge is 0.185 e. The van der Waals surface area contributed by atoms with Gasteiger partial charge in [-0.25, -0.2) is 4.39 Å². The Morgan fingerprint density at radius 1 is 1.00 bits per heavy atom. The molecule has 0 unspecified atom stereocenters. The van der Waals surface area contributed by atoms with E-state index in [1.807, 2.05) is 38.0 Å². The van der Waals surface area contributed by atoms with E-state index in [1.54, 1.807) is 30.3 Å². The van der Waals surface area contributed by atoms with Crippen LogP contribution in [0.3, 0.4) is 0 Å². The molecule has 0 radical (unpaired) electrons. The average molecular weight is 356 g/mol. The summed E-state index contributed by atoms with van der Waals surface area (Å²) >= 11 is 0. The number of aromatic hydroxyl groups is 1. The predicted molar refractivity (Wildman–Crippen MR) is 103 cm³/mol. The molecule has 0 spiro atoms. The highest BCUT2D eigenvalue weighted by Gasteiger charge is 2.14. The number of hydrogen-bond acceptors (Lipinski definition) is 4. The molecular formula is C21H25FN2O2. The van der Waals surface area contributed by atoms with E-state index in [2.05, 4.69) is 0 Å². The lowest BCUT2D eigenvalue weighted by molar-refractivity contribution is 0.104. The molecule has 0 heterocycles. The molecule has 2 aromatic rings. The molecule has 0 atom stereocenters. The zero-order valence-electron chi connectivity index (χ0n) is 15.7. The van der Waals surface area contributed by atoms with E-state index >= 15 is 0 Å². The topological polar surface area (TPSA) is 43.8 Å². The third kappa shape index (κ3) is 5.51. The van der Waals surface area contributed by atoms with E-state index in [9.17, 15) is 14.3 Å². The Kier molecular flexibility index (Phi) is 6.66. The van der Waals surface area contributed by atoms with E-state index in [-0.39, 0.29) is 17.3 Å². The first-order chi connectivity index (χ1) is 12.3. The minimum absolute atomic E-state index is 0.158. The summed E-state index contributed by atoms with van der Waals surface area (Å²) in [5.41, 5.74) is 2.70. The van der Waals surface area contributed by atoms with E-state index < -0.39 is 0 Å². The maximum Gasteiger partial charge on any atom is 0.185 e. The highest BCUT2D eigenvalue weighted by atomic mass is 19.1. The Morgan fingerprint density at radius 2 is 1.50 bits per heavy atom. The summed E-state index contributed by atoms with van der Waals surface area (Å²) < 4.78 is 13.0. The number of rotatable bonds is 7. The molecule has 0 bridgehead atoms. The molecule has 26 heavy (non-hydrogen) atoms. The van der Waals surface area contributed by atoms with Crippen molar-refractivity contribution < 1.29 is 14.3 Å². The fraction of sp³-hybridized carbons (Fsp3) is 0.286. The number of hydrogen-bond donors (Lipinski definition) is 1. The van der Waals surface area contributed by atoms with Crippen LogP contribution in [0.1, 0.15) is 27.0 Å². The quantitative estimate of drug-likeness (QED) is 0.609. The van der Waals surface area contributed by atoms with Crippen molar-refractivity contribution >= 4 is 11.9 Å². The molecule has 0 amide bonds. The van der Waals surface area contributed by atoms with Gasteiger partial charge in [0.2, 0.25) is 0 Å². The van der Waals surface area contributed by atoms with Crippen molar-refractivity contribution in [3.05, 3.63) is 70.5 Å². The molecule has 0 aromatic heterocycles. The minimum Gasteiger partial charge on any atom is -0.507 e. The third-order valence-electron chi connectivity index (χ3n) is 3.82. The van der Waals surface area contributed by atoms with Crippen molar-refractivity contribution in [1.82, 2.24) is 9.80 Å². The van der Waals surface area contributed by atoms with Gasteiger partial charge in [-0.15, -0.1) is 0 Å². The molecule has 0 aliphatic heterocycles. The van der Waals surface area contributed by atoms with Crippen LogP contribution in [-0.2, 0) is 13.1 Å².